The highest BCUT2D eigenvalue weighted by Gasteiger charge is 2.33. The van der Waals surface area contributed by atoms with Gasteiger partial charge in [0.05, 0.1) is 12.7 Å². The average Bonchev–Trinajstić information content (AvgIpc) is 3.10. The van der Waals surface area contributed by atoms with Gasteiger partial charge in [-0.2, -0.15) is 0 Å². The van der Waals surface area contributed by atoms with Crippen LogP contribution < -0.4 is 10.2 Å². The molecule has 4 rings (SSSR count). The second kappa shape index (κ2) is 7.64. The van der Waals surface area contributed by atoms with Crippen molar-refractivity contribution >= 4 is 23.3 Å². The van der Waals surface area contributed by atoms with E-state index in [1.807, 2.05) is 54.6 Å². The van der Waals surface area contributed by atoms with Crippen molar-refractivity contribution in [3.05, 3.63) is 71.9 Å². The van der Waals surface area contributed by atoms with Crippen LogP contribution in [0, 0.1) is 5.92 Å². The number of carbonyl (C=O) groups excluding carboxylic acids is 2. The van der Waals surface area contributed by atoms with Gasteiger partial charge in [-0.25, -0.2) is 4.68 Å². The van der Waals surface area contributed by atoms with Crippen molar-refractivity contribution in [1.29, 1.82) is 0 Å². The molecule has 7 heteroatoms. The smallest absolute Gasteiger partial charge is 0.239 e. The van der Waals surface area contributed by atoms with Crippen molar-refractivity contribution in [1.82, 2.24) is 15.0 Å². The number of amides is 2. The van der Waals surface area contributed by atoms with Crippen LogP contribution in [0.5, 0.6) is 0 Å². The van der Waals surface area contributed by atoms with Gasteiger partial charge >= 0.3 is 0 Å². The molecule has 3 aromatic rings. The summed E-state index contributed by atoms with van der Waals surface area (Å²) < 4.78 is 1.65. The molecule has 0 bridgehead atoms. The van der Waals surface area contributed by atoms with E-state index in [0.29, 0.717) is 25.2 Å². The molecule has 1 unspecified atom stereocenters. The van der Waals surface area contributed by atoms with Gasteiger partial charge in [-0.15, -0.1) is 5.10 Å². The Hall–Kier alpha value is -3.48. The fourth-order valence-electron chi connectivity index (χ4n) is 3.49. The molecule has 2 heterocycles. The minimum Gasteiger partial charge on any atom is -0.315 e. The number of nitrogens with zero attached hydrogens (tertiary/aromatic N) is 4. The molecule has 2 amide bonds. The van der Waals surface area contributed by atoms with Gasteiger partial charge in [0, 0.05) is 12.7 Å². The highest BCUT2D eigenvalue weighted by Crippen LogP contribution is 2.28. The monoisotopic (exact) mass is 375 g/mol. The summed E-state index contributed by atoms with van der Waals surface area (Å²) in [4.78, 5) is 27.1. The average molecular weight is 375 g/mol. The minimum absolute atomic E-state index is 0.209. The molecule has 28 heavy (non-hydrogen) atoms. The van der Waals surface area contributed by atoms with E-state index in [1.165, 1.54) is 0 Å². The number of aromatic nitrogens is 3. The predicted molar refractivity (Wildman–Crippen MR) is 106 cm³/mol. The molecule has 142 valence electrons. The lowest BCUT2D eigenvalue weighted by atomic mass is 9.99. The van der Waals surface area contributed by atoms with Crippen LogP contribution in [0.2, 0.25) is 0 Å². The maximum Gasteiger partial charge on any atom is 0.239 e. The summed E-state index contributed by atoms with van der Waals surface area (Å²) >= 11 is 0. The number of nitrogens with one attached hydrogen (secondary N) is 1. The largest absolute Gasteiger partial charge is 0.315 e. The molecule has 1 N–H and O–H groups in total. The van der Waals surface area contributed by atoms with Crippen molar-refractivity contribution in [2.24, 2.45) is 5.92 Å². The number of rotatable bonds is 4. The molecule has 1 aliphatic heterocycles. The SMILES string of the molecule is CN1C(=O)C(C(=O)Nc2cn(Cc3ccccc3)nn2)CCc2ccccc21. The normalized spacial score (nSPS) is 16.4. The number of hydrogen-bond acceptors (Lipinski definition) is 4. The fraction of sp³-hybridized carbons (Fsp3) is 0.238. The Morgan fingerprint density at radius 2 is 1.89 bits per heavy atom. The molecular formula is C21H21N5O2. The van der Waals surface area contributed by atoms with Gasteiger partial charge in [0.1, 0.15) is 5.92 Å². The number of anilines is 2. The van der Waals surface area contributed by atoms with Crippen LogP contribution in [0.3, 0.4) is 0 Å². The molecule has 0 fully saturated rings. The molecule has 0 spiro atoms. The van der Waals surface area contributed by atoms with Gasteiger partial charge in [-0.3, -0.25) is 9.59 Å². The van der Waals surface area contributed by atoms with Gasteiger partial charge in [0.2, 0.25) is 11.8 Å². The summed E-state index contributed by atoms with van der Waals surface area (Å²) in [5.74, 6) is -0.967. The first-order valence-electron chi connectivity index (χ1n) is 9.22. The van der Waals surface area contributed by atoms with Gasteiger partial charge in [-0.1, -0.05) is 53.7 Å². The Bertz CT molecular complexity index is 999. The van der Waals surface area contributed by atoms with Crippen LogP contribution in [0.25, 0.3) is 0 Å². The Labute approximate surface area is 163 Å². The zero-order valence-electron chi connectivity index (χ0n) is 15.6. The number of aryl methyl sites for hydroxylation is 1. The predicted octanol–water partition coefficient (Wildman–Crippen LogP) is 2.49. The van der Waals surface area contributed by atoms with E-state index < -0.39 is 5.92 Å². The molecule has 1 atom stereocenters. The van der Waals surface area contributed by atoms with E-state index in [0.717, 1.165) is 16.8 Å². The van der Waals surface area contributed by atoms with E-state index in [4.69, 9.17) is 0 Å². The standard InChI is InChI=1S/C21H21N5O2/c1-25-18-10-6-5-9-16(18)11-12-17(21(25)28)20(27)22-19-14-26(24-23-19)13-15-7-3-2-4-8-15/h2-10,14,17H,11-13H2,1H3,(H,22,27). The van der Waals surface area contributed by atoms with E-state index in [9.17, 15) is 9.59 Å². The van der Waals surface area contributed by atoms with E-state index in [1.54, 1.807) is 22.8 Å². The number of carbonyl (C=O) groups is 2. The van der Waals surface area contributed by atoms with Crippen LogP contribution >= 0.6 is 0 Å². The first kappa shape index (κ1) is 17.9. The molecular weight excluding hydrogens is 354 g/mol. The lowest BCUT2D eigenvalue weighted by Crippen LogP contribution is -2.38. The van der Waals surface area contributed by atoms with Gasteiger partial charge in [-0.05, 0) is 30.0 Å². The molecule has 7 nitrogen and oxygen atoms in total. The summed E-state index contributed by atoms with van der Waals surface area (Å²) in [6.45, 7) is 0.560. The maximum atomic E-state index is 12.8. The van der Waals surface area contributed by atoms with Crippen molar-refractivity contribution < 1.29 is 9.59 Å². The summed E-state index contributed by atoms with van der Waals surface area (Å²) in [5, 5.41) is 10.8. The summed E-state index contributed by atoms with van der Waals surface area (Å²) in [6.07, 6.45) is 2.81. The summed E-state index contributed by atoms with van der Waals surface area (Å²) in [7, 11) is 1.71. The quantitative estimate of drug-likeness (QED) is 0.711. The first-order chi connectivity index (χ1) is 13.6. The van der Waals surface area contributed by atoms with Crippen molar-refractivity contribution in [3.8, 4) is 0 Å². The Balaban J connectivity index is 1.45. The first-order valence-corrected chi connectivity index (χ1v) is 9.22. The van der Waals surface area contributed by atoms with E-state index in [2.05, 4.69) is 15.6 Å². The van der Waals surface area contributed by atoms with Crippen LogP contribution in [-0.4, -0.2) is 33.9 Å². The fourth-order valence-corrected chi connectivity index (χ4v) is 3.49. The van der Waals surface area contributed by atoms with Crippen LogP contribution in [-0.2, 0) is 22.6 Å². The second-order valence-electron chi connectivity index (χ2n) is 6.89. The third kappa shape index (κ3) is 3.64. The lowest BCUT2D eigenvalue weighted by molar-refractivity contribution is -0.130. The third-order valence-corrected chi connectivity index (χ3v) is 4.98. The number of benzene rings is 2. The Morgan fingerprint density at radius 3 is 2.71 bits per heavy atom. The zero-order chi connectivity index (χ0) is 19.5. The van der Waals surface area contributed by atoms with Crippen molar-refractivity contribution in [2.45, 2.75) is 19.4 Å². The lowest BCUT2D eigenvalue weighted by Gasteiger charge is -2.20. The number of hydrogen-bond donors (Lipinski definition) is 1. The highest BCUT2D eigenvalue weighted by molar-refractivity contribution is 6.11. The van der Waals surface area contributed by atoms with Crippen LogP contribution in [0.1, 0.15) is 17.5 Å². The third-order valence-electron chi connectivity index (χ3n) is 4.98. The van der Waals surface area contributed by atoms with Crippen LogP contribution in [0.4, 0.5) is 11.5 Å². The molecule has 0 aliphatic carbocycles. The Kier molecular flexibility index (Phi) is 4.89. The van der Waals surface area contributed by atoms with Gasteiger partial charge < -0.3 is 10.2 Å². The van der Waals surface area contributed by atoms with Crippen LogP contribution in [0.15, 0.2) is 60.8 Å². The molecule has 0 saturated heterocycles. The minimum atomic E-state index is -0.753. The van der Waals surface area contributed by atoms with E-state index in [-0.39, 0.29) is 11.8 Å². The van der Waals surface area contributed by atoms with Gasteiger partial charge in [0.15, 0.2) is 5.82 Å². The number of fused-ring (bicyclic) bond motifs is 1. The highest BCUT2D eigenvalue weighted by atomic mass is 16.2. The molecule has 1 aliphatic rings. The molecule has 0 radical (unpaired) electrons. The van der Waals surface area contributed by atoms with Gasteiger partial charge in [0.25, 0.3) is 0 Å². The topological polar surface area (TPSA) is 80.1 Å². The van der Waals surface area contributed by atoms with Crippen molar-refractivity contribution in [2.75, 3.05) is 17.3 Å². The molecule has 2 aromatic carbocycles. The van der Waals surface area contributed by atoms with Crippen molar-refractivity contribution in [3.63, 3.8) is 0 Å². The maximum absolute atomic E-state index is 12.8. The molecule has 0 saturated carbocycles. The Morgan fingerprint density at radius 1 is 1.14 bits per heavy atom. The summed E-state index contributed by atoms with van der Waals surface area (Å²) in [5.41, 5.74) is 3.02. The van der Waals surface area contributed by atoms with E-state index >= 15 is 0 Å². The molecule has 1 aromatic heterocycles. The second-order valence-corrected chi connectivity index (χ2v) is 6.89. The zero-order valence-corrected chi connectivity index (χ0v) is 15.6. The number of para-hydroxylation sites is 1. The summed E-state index contributed by atoms with van der Waals surface area (Å²) in [6, 6.07) is 17.6.